The lowest BCUT2D eigenvalue weighted by Gasteiger charge is -2.09. The summed E-state index contributed by atoms with van der Waals surface area (Å²) in [5, 5.41) is 2.24. The van der Waals surface area contributed by atoms with Crippen LogP contribution in [-0.4, -0.2) is 9.46 Å². The van der Waals surface area contributed by atoms with Crippen LogP contribution in [0.4, 0.5) is 0 Å². The maximum Gasteiger partial charge on any atom is 0.0761 e. The number of fused-ring (bicyclic) bond motifs is 1. The van der Waals surface area contributed by atoms with Crippen molar-refractivity contribution >= 4 is 21.6 Å². The van der Waals surface area contributed by atoms with Gasteiger partial charge in [-0.25, -0.2) is 0 Å². The first-order valence-electron chi connectivity index (χ1n) is 5.59. The number of benzene rings is 2. The molecule has 0 bridgehead atoms. The van der Waals surface area contributed by atoms with E-state index < -0.39 is 10.8 Å². The third kappa shape index (κ3) is 1.85. The van der Waals surface area contributed by atoms with E-state index in [9.17, 15) is 4.21 Å². The fourth-order valence-corrected chi connectivity index (χ4v) is 3.45. The molecule has 1 atom stereocenters. The Morgan fingerprint density at radius 2 is 1.59 bits per heavy atom. The summed E-state index contributed by atoms with van der Waals surface area (Å²) in [6.45, 7) is 0. The lowest BCUT2D eigenvalue weighted by Crippen LogP contribution is -2.07. The van der Waals surface area contributed by atoms with Crippen LogP contribution >= 0.6 is 0 Å². The van der Waals surface area contributed by atoms with Gasteiger partial charge in [0.15, 0.2) is 0 Å². The van der Waals surface area contributed by atoms with Crippen LogP contribution in [0.2, 0.25) is 0 Å². The van der Waals surface area contributed by atoms with E-state index in [0.29, 0.717) is 0 Å². The first kappa shape index (κ1) is 10.5. The Balaban J connectivity index is 2.14. The van der Waals surface area contributed by atoms with E-state index in [4.69, 9.17) is 0 Å². The van der Waals surface area contributed by atoms with Crippen LogP contribution in [0.25, 0.3) is 10.8 Å². The zero-order valence-electron chi connectivity index (χ0n) is 9.24. The first-order valence-corrected chi connectivity index (χ1v) is 6.81. The highest BCUT2D eigenvalue weighted by atomic mass is 32.2. The number of rotatable bonds is 2. The monoisotopic (exact) mass is 240 g/mol. The molecule has 1 aliphatic carbocycles. The second-order valence-corrected chi connectivity index (χ2v) is 5.59. The molecular weight excluding hydrogens is 228 g/mol. The zero-order chi connectivity index (χ0) is 11.7. The van der Waals surface area contributed by atoms with Gasteiger partial charge < -0.3 is 0 Å². The Bertz CT molecular complexity index is 623. The third-order valence-corrected chi connectivity index (χ3v) is 4.52. The van der Waals surface area contributed by atoms with E-state index in [0.717, 1.165) is 15.7 Å². The van der Waals surface area contributed by atoms with Crippen molar-refractivity contribution in [3.63, 3.8) is 0 Å². The molecule has 17 heavy (non-hydrogen) atoms. The summed E-state index contributed by atoms with van der Waals surface area (Å²) in [6.07, 6.45) is 7.87. The van der Waals surface area contributed by atoms with Crippen molar-refractivity contribution < 1.29 is 4.21 Å². The van der Waals surface area contributed by atoms with Gasteiger partial charge in [0.25, 0.3) is 0 Å². The van der Waals surface area contributed by atoms with Gasteiger partial charge in [0.1, 0.15) is 0 Å². The van der Waals surface area contributed by atoms with Gasteiger partial charge in [-0.1, -0.05) is 60.7 Å². The fourth-order valence-electron chi connectivity index (χ4n) is 2.07. The van der Waals surface area contributed by atoms with Crippen LogP contribution in [-0.2, 0) is 10.8 Å². The van der Waals surface area contributed by atoms with Crippen molar-refractivity contribution in [2.45, 2.75) is 10.1 Å². The van der Waals surface area contributed by atoms with Gasteiger partial charge in [0.2, 0.25) is 0 Å². The molecule has 3 rings (SSSR count). The summed E-state index contributed by atoms with van der Waals surface area (Å²) in [7, 11) is -1.01. The second-order valence-electron chi connectivity index (χ2n) is 4.01. The molecule has 0 fully saturated rings. The predicted octanol–water partition coefficient (Wildman–Crippen LogP) is 3.44. The molecule has 1 aliphatic rings. The smallest absolute Gasteiger partial charge is 0.0761 e. The molecule has 0 N–H and O–H groups in total. The summed E-state index contributed by atoms with van der Waals surface area (Å²) in [5.74, 6) is 0. The minimum atomic E-state index is -1.01. The molecule has 84 valence electrons. The molecule has 2 aromatic carbocycles. The van der Waals surface area contributed by atoms with Crippen molar-refractivity contribution in [3.8, 4) is 0 Å². The fraction of sp³-hybridized carbons (Fsp3) is 0.0667. The maximum absolute atomic E-state index is 12.5. The quantitative estimate of drug-likeness (QED) is 0.786. The Kier molecular flexibility index (Phi) is 2.65. The highest BCUT2D eigenvalue weighted by Gasteiger charge is 2.16. The minimum Gasteiger partial charge on any atom is -0.253 e. The van der Waals surface area contributed by atoms with Crippen molar-refractivity contribution in [3.05, 3.63) is 66.8 Å². The highest BCUT2D eigenvalue weighted by Crippen LogP contribution is 2.25. The molecule has 1 unspecified atom stereocenters. The summed E-state index contributed by atoms with van der Waals surface area (Å²) >= 11 is 0. The molecule has 1 nitrogen and oxygen atoms in total. The van der Waals surface area contributed by atoms with Crippen molar-refractivity contribution in [2.75, 3.05) is 0 Å². The van der Waals surface area contributed by atoms with Crippen LogP contribution in [0.1, 0.15) is 0 Å². The van der Waals surface area contributed by atoms with Gasteiger partial charge in [-0.2, -0.15) is 0 Å². The molecule has 2 heteroatoms. The summed E-state index contributed by atoms with van der Waals surface area (Å²) in [6, 6.07) is 14.1. The lowest BCUT2D eigenvalue weighted by atomic mass is 10.1. The molecule has 0 heterocycles. The van der Waals surface area contributed by atoms with Crippen LogP contribution < -0.4 is 0 Å². The van der Waals surface area contributed by atoms with Crippen LogP contribution in [0, 0.1) is 0 Å². The van der Waals surface area contributed by atoms with Gasteiger partial charge in [0, 0.05) is 4.90 Å². The van der Waals surface area contributed by atoms with E-state index in [1.165, 1.54) is 0 Å². The number of allylic oxidation sites excluding steroid dienone is 2. The minimum absolute atomic E-state index is 0.0146. The topological polar surface area (TPSA) is 17.1 Å². The van der Waals surface area contributed by atoms with Crippen LogP contribution in [0.15, 0.2) is 71.7 Å². The molecule has 0 radical (unpaired) electrons. The molecule has 0 amide bonds. The Morgan fingerprint density at radius 3 is 2.41 bits per heavy atom. The highest BCUT2D eigenvalue weighted by molar-refractivity contribution is 7.86. The van der Waals surface area contributed by atoms with E-state index in [2.05, 4.69) is 12.1 Å². The number of hydrogen-bond donors (Lipinski definition) is 0. The molecule has 0 aliphatic heterocycles. The van der Waals surface area contributed by atoms with Gasteiger partial charge >= 0.3 is 0 Å². The second kappa shape index (κ2) is 4.30. The molecular formula is C15H12OS. The standard InChI is InChI=1S/C15H12OS/c16-17(13-8-2-3-9-13)15-11-5-7-12-6-1-4-10-14(12)15/h1-11,13H. The SMILES string of the molecule is O=S(c1cccc2ccccc12)C1C=CC=C1. The molecule has 0 saturated carbocycles. The van der Waals surface area contributed by atoms with Crippen LogP contribution in [0.3, 0.4) is 0 Å². The largest absolute Gasteiger partial charge is 0.253 e. The van der Waals surface area contributed by atoms with Gasteiger partial charge in [-0.15, -0.1) is 0 Å². The van der Waals surface area contributed by atoms with Crippen molar-refractivity contribution in [1.29, 1.82) is 0 Å². The van der Waals surface area contributed by atoms with E-state index in [-0.39, 0.29) is 5.25 Å². The molecule has 0 spiro atoms. The Morgan fingerprint density at radius 1 is 0.882 bits per heavy atom. The molecule has 2 aromatic rings. The van der Waals surface area contributed by atoms with E-state index in [1.807, 2.05) is 54.6 Å². The summed E-state index contributed by atoms with van der Waals surface area (Å²) in [4.78, 5) is 0.921. The van der Waals surface area contributed by atoms with Gasteiger partial charge in [-0.3, -0.25) is 4.21 Å². The first-order chi connectivity index (χ1) is 8.36. The normalized spacial score (nSPS) is 16.7. The van der Waals surface area contributed by atoms with Crippen LogP contribution in [0.5, 0.6) is 0 Å². The summed E-state index contributed by atoms with van der Waals surface area (Å²) in [5.41, 5.74) is 0. The average Bonchev–Trinajstić information content (AvgIpc) is 2.91. The molecule has 0 saturated heterocycles. The van der Waals surface area contributed by atoms with E-state index in [1.54, 1.807) is 0 Å². The maximum atomic E-state index is 12.5. The van der Waals surface area contributed by atoms with E-state index >= 15 is 0 Å². The Labute approximate surface area is 103 Å². The Hall–Kier alpha value is -1.67. The predicted molar refractivity (Wildman–Crippen MR) is 72.4 cm³/mol. The van der Waals surface area contributed by atoms with Crippen molar-refractivity contribution in [2.24, 2.45) is 0 Å². The average molecular weight is 240 g/mol. The van der Waals surface area contributed by atoms with Gasteiger partial charge in [0.05, 0.1) is 16.0 Å². The lowest BCUT2D eigenvalue weighted by molar-refractivity contribution is 0.682. The zero-order valence-corrected chi connectivity index (χ0v) is 10.1. The van der Waals surface area contributed by atoms with Gasteiger partial charge in [-0.05, 0) is 16.8 Å². The molecule has 0 aromatic heterocycles. The van der Waals surface area contributed by atoms with Crippen molar-refractivity contribution in [1.82, 2.24) is 0 Å². The third-order valence-electron chi connectivity index (χ3n) is 2.93. The number of hydrogen-bond acceptors (Lipinski definition) is 1. The summed E-state index contributed by atoms with van der Waals surface area (Å²) < 4.78 is 12.5.